The van der Waals surface area contributed by atoms with E-state index in [0.29, 0.717) is 18.9 Å². The number of amides is 2. The lowest BCUT2D eigenvalue weighted by atomic mass is 9.81. The maximum absolute atomic E-state index is 13.1. The van der Waals surface area contributed by atoms with Crippen molar-refractivity contribution in [3.05, 3.63) is 24.4 Å². The lowest BCUT2D eigenvalue weighted by Gasteiger charge is -2.33. The number of aliphatic hydroxyl groups is 1. The first-order chi connectivity index (χ1) is 16.1. The van der Waals surface area contributed by atoms with Gasteiger partial charge in [0, 0.05) is 24.7 Å². The summed E-state index contributed by atoms with van der Waals surface area (Å²) >= 11 is 0. The molecule has 6 atom stereocenters. The van der Waals surface area contributed by atoms with Gasteiger partial charge in [0.15, 0.2) is 0 Å². The minimum atomic E-state index is -0.704. The van der Waals surface area contributed by atoms with Crippen molar-refractivity contribution in [2.45, 2.75) is 103 Å². The quantitative estimate of drug-likeness (QED) is 0.345. The van der Waals surface area contributed by atoms with Gasteiger partial charge >= 0.3 is 0 Å². The Morgan fingerprint density at radius 3 is 2.41 bits per heavy atom. The first-order valence-corrected chi connectivity index (χ1v) is 13.3. The Bertz CT molecular complexity index is 702. The maximum atomic E-state index is 13.1. The summed E-state index contributed by atoms with van der Waals surface area (Å²) in [7, 11) is 0. The van der Waals surface area contributed by atoms with Gasteiger partial charge < -0.3 is 26.8 Å². The Balaban J connectivity index is 1.93. The molecule has 7 nitrogen and oxygen atoms in total. The molecule has 0 saturated heterocycles. The van der Waals surface area contributed by atoms with E-state index in [-0.39, 0.29) is 41.7 Å². The van der Waals surface area contributed by atoms with Crippen LogP contribution in [-0.4, -0.2) is 52.6 Å². The zero-order valence-corrected chi connectivity index (χ0v) is 21.7. The standard InChI is InChI=1S/C27H48N4O3/c1-5-19(4)25(29)27(34)31-14-10-9-13-21(31)17-30-26(33)22(18(2)3)16-24(32)23(28)15-20-11-7-6-8-12-20/h9-10,13-14,18-25,32H,5-8,11-12,15-17,28-29H2,1-4H3,(H,30,33)/t19-,21?,22?,23?,24?,25-/m0/s1. The summed E-state index contributed by atoms with van der Waals surface area (Å²) in [6.45, 7) is 8.27. The first kappa shape index (κ1) is 28.5. The molecule has 1 aliphatic heterocycles. The molecule has 34 heavy (non-hydrogen) atoms. The van der Waals surface area contributed by atoms with Crippen molar-refractivity contribution in [3.8, 4) is 0 Å². The zero-order chi connectivity index (χ0) is 25.3. The largest absolute Gasteiger partial charge is 0.391 e. The number of nitrogens with zero attached hydrogens (tertiary/aromatic N) is 1. The fraction of sp³-hybridized carbons (Fsp3) is 0.778. The van der Waals surface area contributed by atoms with E-state index < -0.39 is 12.1 Å². The fourth-order valence-corrected chi connectivity index (χ4v) is 5.03. The normalized spacial score (nSPS) is 23.4. The highest BCUT2D eigenvalue weighted by atomic mass is 16.3. The summed E-state index contributed by atoms with van der Waals surface area (Å²) in [6.07, 6.45) is 14.8. The van der Waals surface area contributed by atoms with Gasteiger partial charge in [-0.05, 0) is 36.7 Å². The number of carbonyl (C=O) groups excluding carboxylic acids is 2. The van der Waals surface area contributed by atoms with E-state index in [1.54, 1.807) is 17.2 Å². The number of carbonyl (C=O) groups is 2. The molecule has 0 aromatic heterocycles. The number of hydrogen-bond donors (Lipinski definition) is 4. The van der Waals surface area contributed by atoms with Gasteiger partial charge in [0.1, 0.15) is 0 Å². The van der Waals surface area contributed by atoms with Crippen molar-refractivity contribution >= 4 is 11.8 Å². The van der Waals surface area contributed by atoms with Gasteiger partial charge in [-0.25, -0.2) is 0 Å². The van der Waals surface area contributed by atoms with Crippen LogP contribution >= 0.6 is 0 Å². The lowest BCUT2D eigenvalue weighted by Crippen LogP contribution is -2.52. The van der Waals surface area contributed by atoms with E-state index >= 15 is 0 Å². The molecule has 2 amide bonds. The van der Waals surface area contributed by atoms with Crippen molar-refractivity contribution < 1.29 is 14.7 Å². The number of nitrogens with two attached hydrogens (primary N) is 2. The van der Waals surface area contributed by atoms with E-state index in [0.717, 1.165) is 12.8 Å². The van der Waals surface area contributed by atoms with Crippen molar-refractivity contribution in [2.24, 2.45) is 35.1 Å². The van der Waals surface area contributed by atoms with Gasteiger partial charge in [0.2, 0.25) is 11.8 Å². The highest BCUT2D eigenvalue weighted by molar-refractivity contribution is 5.84. The van der Waals surface area contributed by atoms with Gasteiger partial charge in [0.05, 0.1) is 18.2 Å². The molecule has 1 saturated carbocycles. The molecule has 0 spiro atoms. The predicted molar refractivity (Wildman–Crippen MR) is 137 cm³/mol. The summed E-state index contributed by atoms with van der Waals surface area (Å²) in [6, 6.07) is -1.18. The summed E-state index contributed by atoms with van der Waals surface area (Å²) < 4.78 is 0. The number of rotatable bonds is 12. The molecule has 1 fully saturated rings. The molecule has 1 heterocycles. The van der Waals surface area contributed by atoms with E-state index in [1.165, 1.54) is 32.1 Å². The Morgan fingerprint density at radius 2 is 1.79 bits per heavy atom. The van der Waals surface area contributed by atoms with Crippen molar-refractivity contribution in [1.82, 2.24) is 10.2 Å². The van der Waals surface area contributed by atoms with Gasteiger partial charge in [-0.2, -0.15) is 0 Å². The molecule has 194 valence electrons. The molecule has 6 N–H and O–H groups in total. The molecule has 2 rings (SSSR count). The highest BCUT2D eigenvalue weighted by Crippen LogP contribution is 2.29. The number of hydrogen-bond acceptors (Lipinski definition) is 5. The smallest absolute Gasteiger partial charge is 0.244 e. The molecule has 1 aliphatic carbocycles. The zero-order valence-electron chi connectivity index (χ0n) is 21.7. The number of aliphatic hydroxyl groups excluding tert-OH is 1. The van der Waals surface area contributed by atoms with Crippen LogP contribution in [0.3, 0.4) is 0 Å². The molecule has 0 bridgehead atoms. The van der Waals surface area contributed by atoms with Crippen LogP contribution in [0.1, 0.15) is 79.1 Å². The third-order valence-electron chi connectivity index (χ3n) is 7.79. The summed E-state index contributed by atoms with van der Waals surface area (Å²) in [5, 5.41) is 13.8. The summed E-state index contributed by atoms with van der Waals surface area (Å²) in [5.74, 6) is 0.129. The second-order valence-corrected chi connectivity index (χ2v) is 10.8. The lowest BCUT2D eigenvalue weighted by molar-refractivity contribution is -0.133. The molecule has 0 aromatic rings. The molecule has 4 unspecified atom stereocenters. The molecule has 0 aromatic carbocycles. The monoisotopic (exact) mass is 476 g/mol. The van der Waals surface area contributed by atoms with E-state index in [1.807, 2.05) is 39.8 Å². The van der Waals surface area contributed by atoms with E-state index in [4.69, 9.17) is 11.5 Å². The average molecular weight is 477 g/mol. The Labute approximate surface area is 206 Å². The van der Waals surface area contributed by atoms with Gasteiger partial charge in [-0.3, -0.25) is 9.59 Å². The SMILES string of the molecule is CC[C@H](C)[C@H](N)C(=O)N1C=CC=CC1CNC(=O)C(CC(O)C(N)CC1CCCCC1)C(C)C. The molecular formula is C27H48N4O3. The number of allylic oxidation sites excluding steroid dienone is 2. The highest BCUT2D eigenvalue weighted by Gasteiger charge is 2.32. The van der Waals surface area contributed by atoms with Crippen molar-refractivity contribution in [1.29, 1.82) is 0 Å². The average Bonchev–Trinajstić information content (AvgIpc) is 2.84. The molecule has 7 heteroatoms. The maximum Gasteiger partial charge on any atom is 0.244 e. The third kappa shape index (κ3) is 8.21. The Hall–Kier alpha value is -1.70. The topological polar surface area (TPSA) is 122 Å². The first-order valence-electron chi connectivity index (χ1n) is 13.3. The Morgan fingerprint density at radius 1 is 1.12 bits per heavy atom. The third-order valence-corrected chi connectivity index (χ3v) is 7.79. The van der Waals surface area contributed by atoms with Crippen LogP contribution in [0.2, 0.25) is 0 Å². The summed E-state index contributed by atoms with van der Waals surface area (Å²) in [4.78, 5) is 27.7. The molecule has 2 aliphatic rings. The van der Waals surface area contributed by atoms with Crippen LogP contribution in [0, 0.1) is 23.7 Å². The minimum absolute atomic E-state index is 0.0647. The number of nitrogens with one attached hydrogen (secondary N) is 1. The fourth-order valence-electron chi connectivity index (χ4n) is 5.03. The second-order valence-electron chi connectivity index (χ2n) is 10.8. The van der Waals surface area contributed by atoms with Crippen LogP contribution in [0.4, 0.5) is 0 Å². The van der Waals surface area contributed by atoms with Crippen LogP contribution < -0.4 is 16.8 Å². The summed E-state index contributed by atoms with van der Waals surface area (Å²) in [5.41, 5.74) is 12.5. The van der Waals surface area contributed by atoms with Gasteiger partial charge in [-0.15, -0.1) is 0 Å². The van der Waals surface area contributed by atoms with Gasteiger partial charge in [0.25, 0.3) is 0 Å². The van der Waals surface area contributed by atoms with E-state index in [9.17, 15) is 14.7 Å². The van der Waals surface area contributed by atoms with Crippen LogP contribution in [-0.2, 0) is 9.59 Å². The van der Waals surface area contributed by atoms with Crippen LogP contribution in [0.25, 0.3) is 0 Å². The van der Waals surface area contributed by atoms with Crippen molar-refractivity contribution in [2.75, 3.05) is 6.54 Å². The predicted octanol–water partition coefficient (Wildman–Crippen LogP) is 3.08. The minimum Gasteiger partial charge on any atom is -0.391 e. The van der Waals surface area contributed by atoms with Gasteiger partial charge in [-0.1, -0.05) is 78.4 Å². The molecular weight excluding hydrogens is 428 g/mol. The second kappa shape index (κ2) is 14.0. The van der Waals surface area contributed by atoms with E-state index in [2.05, 4.69) is 5.32 Å². The Kier molecular flexibility index (Phi) is 11.8. The van der Waals surface area contributed by atoms with Crippen LogP contribution in [0.15, 0.2) is 24.4 Å². The van der Waals surface area contributed by atoms with Crippen molar-refractivity contribution in [3.63, 3.8) is 0 Å². The molecule has 0 radical (unpaired) electrons. The van der Waals surface area contributed by atoms with Crippen LogP contribution in [0.5, 0.6) is 0 Å².